The van der Waals surface area contributed by atoms with E-state index in [1.165, 1.54) is 13.4 Å². The van der Waals surface area contributed by atoms with Crippen molar-refractivity contribution < 1.29 is 23.5 Å². The largest absolute Gasteiger partial charge is 0.493 e. The molecule has 1 saturated heterocycles. The Balaban J connectivity index is 1.60. The fraction of sp³-hybridized carbons (Fsp3) is 0.455. The summed E-state index contributed by atoms with van der Waals surface area (Å²) in [6.07, 6.45) is 2.82. The molecule has 0 atom stereocenters. The van der Waals surface area contributed by atoms with E-state index in [0.29, 0.717) is 66.3 Å². The maximum atomic E-state index is 12.8. The first kappa shape index (κ1) is 22.0. The van der Waals surface area contributed by atoms with Crippen LogP contribution in [0.4, 0.5) is 0 Å². The molecular formula is C22H27ClN2O5. The van der Waals surface area contributed by atoms with E-state index in [0.717, 1.165) is 0 Å². The number of benzene rings is 1. The van der Waals surface area contributed by atoms with Crippen molar-refractivity contribution in [1.82, 2.24) is 10.2 Å². The first-order chi connectivity index (χ1) is 14.4. The molecule has 0 saturated carbocycles. The van der Waals surface area contributed by atoms with Crippen molar-refractivity contribution in [3.8, 4) is 11.5 Å². The van der Waals surface area contributed by atoms with Crippen molar-refractivity contribution in [2.75, 3.05) is 26.8 Å². The molecule has 0 unspecified atom stereocenters. The second-order valence-corrected chi connectivity index (χ2v) is 8.12. The van der Waals surface area contributed by atoms with E-state index in [1.54, 1.807) is 29.2 Å². The minimum Gasteiger partial charge on any atom is -0.493 e. The number of carbonyl (C=O) groups is 2. The van der Waals surface area contributed by atoms with Crippen molar-refractivity contribution in [3.05, 3.63) is 46.9 Å². The molecule has 0 bridgehead atoms. The number of carbonyl (C=O) groups excluding carboxylic acids is 2. The molecule has 0 spiro atoms. The Hall–Kier alpha value is -2.67. The highest BCUT2D eigenvalue weighted by Crippen LogP contribution is 2.36. The van der Waals surface area contributed by atoms with Gasteiger partial charge in [-0.3, -0.25) is 9.59 Å². The maximum absolute atomic E-state index is 12.8. The molecule has 2 heterocycles. The summed E-state index contributed by atoms with van der Waals surface area (Å²) >= 11 is 6.35. The van der Waals surface area contributed by atoms with Gasteiger partial charge in [-0.2, -0.15) is 0 Å². The van der Waals surface area contributed by atoms with Gasteiger partial charge in [-0.15, -0.1) is 0 Å². The lowest BCUT2D eigenvalue weighted by molar-refractivity contribution is 0.0667. The number of hydrogen-bond acceptors (Lipinski definition) is 5. The van der Waals surface area contributed by atoms with Gasteiger partial charge < -0.3 is 24.1 Å². The number of halogens is 1. The summed E-state index contributed by atoms with van der Waals surface area (Å²) in [7, 11) is 1.52. The number of furan rings is 1. The van der Waals surface area contributed by atoms with E-state index >= 15 is 0 Å². The van der Waals surface area contributed by atoms with Crippen LogP contribution in [0.2, 0.25) is 5.02 Å². The first-order valence-corrected chi connectivity index (χ1v) is 10.4. The van der Waals surface area contributed by atoms with Crippen LogP contribution < -0.4 is 14.8 Å². The molecule has 3 rings (SSSR count). The Labute approximate surface area is 181 Å². The third-order valence-corrected chi connectivity index (χ3v) is 5.18. The second-order valence-electron chi connectivity index (χ2n) is 7.71. The number of nitrogens with zero attached hydrogens (tertiary/aromatic N) is 1. The van der Waals surface area contributed by atoms with Crippen LogP contribution in [-0.2, 0) is 0 Å². The molecular weight excluding hydrogens is 408 g/mol. The van der Waals surface area contributed by atoms with Crippen LogP contribution in [0.3, 0.4) is 0 Å². The number of likely N-dealkylation sites (tertiary alicyclic amines) is 1. The third-order valence-electron chi connectivity index (χ3n) is 4.90. The minimum atomic E-state index is -0.235. The zero-order chi connectivity index (χ0) is 21.7. The second kappa shape index (κ2) is 9.89. The van der Waals surface area contributed by atoms with Crippen molar-refractivity contribution in [1.29, 1.82) is 0 Å². The topological polar surface area (TPSA) is 81.0 Å². The fourth-order valence-corrected chi connectivity index (χ4v) is 3.56. The number of ether oxygens (including phenoxy) is 2. The van der Waals surface area contributed by atoms with Gasteiger partial charge in [-0.05, 0) is 43.0 Å². The van der Waals surface area contributed by atoms with E-state index in [1.807, 2.05) is 13.8 Å². The lowest BCUT2D eigenvalue weighted by Gasteiger charge is -2.32. The van der Waals surface area contributed by atoms with Crippen LogP contribution in [0.1, 0.15) is 47.6 Å². The smallest absolute Gasteiger partial charge is 0.289 e. The van der Waals surface area contributed by atoms with Crippen molar-refractivity contribution >= 4 is 23.4 Å². The molecule has 162 valence electrons. The molecule has 1 N–H and O–H groups in total. The summed E-state index contributed by atoms with van der Waals surface area (Å²) in [5.41, 5.74) is 0.405. The van der Waals surface area contributed by atoms with E-state index in [2.05, 4.69) is 5.32 Å². The van der Waals surface area contributed by atoms with Gasteiger partial charge in [0.05, 0.1) is 25.0 Å². The Morgan fingerprint density at radius 3 is 2.63 bits per heavy atom. The highest BCUT2D eigenvalue weighted by molar-refractivity contribution is 6.32. The van der Waals surface area contributed by atoms with Gasteiger partial charge in [-0.25, -0.2) is 0 Å². The summed E-state index contributed by atoms with van der Waals surface area (Å²) in [6.45, 7) is 5.68. The van der Waals surface area contributed by atoms with Crippen molar-refractivity contribution in [2.24, 2.45) is 5.92 Å². The molecule has 1 aromatic heterocycles. The van der Waals surface area contributed by atoms with Crippen LogP contribution in [0, 0.1) is 5.92 Å². The Kier molecular flexibility index (Phi) is 7.26. The first-order valence-electron chi connectivity index (χ1n) is 10.0. The van der Waals surface area contributed by atoms with E-state index in [9.17, 15) is 9.59 Å². The molecule has 1 aliphatic heterocycles. The van der Waals surface area contributed by atoms with Gasteiger partial charge in [0.1, 0.15) is 0 Å². The lowest BCUT2D eigenvalue weighted by atomic mass is 10.0. The number of piperidine rings is 1. The Bertz CT molecular complexity index is 874. The number of rotatable bonds is 7. The van der Waals surface area contributed by atoms with E-state index in [-0.39, 0.29) is 17.9 Å². The molecule has 7 nitrogen and oxygen atoms in total. The summed E-state index contributed by atoms with van der Waals surface area (Å²) in [6, 6.07) is 6.54. The molecule has 0 aliphatic carbocycles. The van der Waals surface area contributed by atoms with Gasteiger partial charge in [0.2, 0.25) is 0 Å². The molecule has 0 radical (unpaired) electrons. The highest BCUT2D eigenvalue weighted by atomic mass is 35.5. The van der Waals surface area contributed by atoms with Crippen LogP contribution in [-0.4, -0.2) is 49.6 Å². The predicted octanol–water partition coefficient (Wildman–Crippen LogP) is 4.01. The van der Waals surface area contributed by atoms with Crippen molar-refractivity contribution in [3.63, 3.8) is 0 Å². The van der Waals surface area contributed by atoms with Gasteiger partial charge in [0.15, 0.2) is 17.3 Å². The molecule has 8 heteroatoms. The summed E-state index contributed by atoms with van der Waals surface area (Å²) in [5.74, 6) is 1.17. The predicted molar refractivity (Wildman–Crippen MR) is 113 cm³/mol. The van der Waals surface area contributed by atoms with Crippen molar-refractivity contribution in [2.45, 2.75) is 32.7 Å². The molecule has 30 heavy (non-hydrogen) atoms. The van der Waals surface area contributed by atoms with Gasteiger partial charge in [0.25, 0.3) is 11.8 Å². The lowest BCUT2D eigenvalue weighted by Crippen LogP contribution is -2.46. The quantitative estimate of drug-likeness (QED) is 0.712. The number of nitrogens with one attached hydrogen (secondary N) is 1. The summed E-state index contributed by atoms with van der Waals surface area (Å²) in [5, 5.41) is 3.35. The number of methoxy groups -OCH3 is 1. The van der Waals surface area contributed by atoms with Gasteiger partial charge in [0, 0.05) is 24.7 Å². The Morgan fingerprint density at radius 2 is 2.03 bits per heavy atom. The highest BCUT2D eigenvalue weighted by Gasteiger charge is 2.26. The standard InChI is InChI=1S/C22H27ClN2O5/c1-14(2)13-30-20-17(23)11-15(12-19(20)28-3)21(26)24-16-6-8-25(9-7-16)22(27)18-5-4-10-29-18/h4-5,10-12,14,16H,6-9,13H2,1-3H3,(H,24,26). The molecule has 2 aromatic rings. The average Bonchev–Trinajstić information content (AvgIpc) is 3.27. The molecule has 1 fully saturated rings. The SMILES string of the molecule is COc1cc(C(=O)NC2CCN(C(=O)c3ccco3)CC2)cc(Cl)c1OCC(C)C. The van der Waals surface area contributed by atoms with Crippen LogP contribution in [0.5, 0.6) is 11.5 Å². The maximum Gasteiger partial charge on any atom is 0.289 e. The van der Waals surface area contributed by atoms with E-state index in [4.69, 9.17) is 25.5 Å². The normalized spacial score (nSPS) is 14.6. The van der Waals surface area contributed by atoms with Gasteiger partial charge in [-0.1, -0.05) is 25.4 Å². The molecule has 1 aromatic carbocycles. The zero-order valence-corrected chi connectivity index (χ0v) is 18.2. The summed E-state index contributed by atoms with van der Waals surface area (Å²) < 4.78 is 16.3. The van der Waals surface area contributed by atoms with Crippen LogP contribution >= 0.6 is 11.6 Å². The number of amides is 2. The van der Waals surface area contributed by atoms with Crippen LogP contribution in [0.25, 0.3) is 0 Å². The average molecular weight is 435 g/mol. The zero-order valence-electron chi connectivity index (χ0n) is 17.4. The Morgan fingerprint density at radius 1 is 1.30 bits per heavy atom. The van der Waals surface area contributed by atoms with Crippen LogP contribution in [0.15, 0.2) is 34.9 Å². The fourth-order valence-electron chi connectivity index (χ4n) is 3.29. The van der Waals surface area contributed by atoms with Gasteiger partial charge >= 0.3 is 0 Å². The third kappa shape index (κ3) is 5.27. The molecule has 2 amide bonds. The minimum absolute atomic E-state index is 0.0280. The molecule has 1 aliphatic rings. The van der Waals surface area contributed by atoms with E-state index < -0.39 is 0 Å². The summed E-state index contributed by atoms with van der Waals surface area (Å²) in [4.78, 5) is 26.8. The monoisotopic (exact) mass is 434 g/mol. The number of hydrogen-bond donors (Lipinski definition) is 1.